The molecular weight excluding hydrogens is 298 g/mol. The minimum atomic E-state index is 0.133. The molecule has 0 aliphatic heterocycles. The van der Waals surface area contributed by atoms with E-state index in [1.54, 1.807) is 0 Å². The Morgan fingerprint density at radius 2 is 2.00 bits per heavy atom. The molecule has 0 aliphatic carbocycles. The Balaban J connectivity index is 3.20. The van der Waals surface area contributed by atoms with Crippen LogP contribution in [0.4, 0.5) is 0 Å². The number of benzene rings is 1. The first-order valence-electron chi connectivity index (χ1n) is 3.91. The second kappa shape index (κ2) is 4.44. The molecule has 0 saturated heterocycles. The summed E-state index contributed by atoms with van der Waals surface area (Å²) >= 11 is 6.66. The first kappa shape index (κ1) is 11.0. The molecule has 0 radical (unpaired) electrons. The van der Waals surface area contributed by atoms with Gasteiger partial charge in [0, 0.05) is 16.1 Å². The normalized spacial score (nSPS) is 12.9. The minimum absolute atomic E-state index is 0.133. The molecule has 0 unspecified atom stereocenters. The number of nitrogens with one attached hydrogen (secondary N) is 1. The molecule has 2 N–H and O–H groups in total. The third-order valence-electron chi connectivity index (χ3n) is 1.96. The number of halogens is 2. The van der Waals surface area contributed by atoms with Gasteiger partial charge in [-0.3, -0.25) is 0 Å². The van der Waals surface area contributed by atoms with Gasteiger partial charge in [-0.25, -0.2) is 0 Å². The van der Waals surface area contributed by atoms with Crippen molar-refractivity contribution < 1.29 is 5.11 Å². The SMILES string of the molecule is CN[C@H](C)c1cc(Br)cc(Br)c1O. The van der Waals surface area contributed by atoms with Gasteiger partial charge in [0.15, 0.2) is 0 Å². The van der Waals surface area contributed by atoms with Gasteiger partial charge in [-0.15, -0.1) is 0 Å². The maximum Gasteiger partial charge on any atom is 0.134 e. The summed E-state index contributed by atoms with van der Waals surface area (Å²) in [7, 11) is 1.86. The van der Waals surface area contributed by atoms with Crippen LogP contribution < -0.4 is 5.32 Å². The Morgan fingerprint density at radius 3 is 2.54 bits per heavy atom. The summed E-state index contributed by atoms with van der Waals surface area (Å²) in [6.45, 7) is 1.99. The van der Waals surface area contributed by atoms with E-state index >= 15 is 0 Å². The lowest BCUT2D eigenvalue weighted by Crippen LogP contribution is -2.12. The average Bonchev–Trinajstić information content (AvgIpc) is 2.10. The Labute approximate surface area is 94.6 Å². The van der Waals surface area contributed by atoms with E-state index in [4.69, 9.17) is 0 Å². The van der Waals surface area contributed by atoms with Gasteiger partial charge in [0.1, 0.15) is 5.75 Å². The van der Waals surface area contributed by atoms with Gasteiger partial charge in [0.25, 0.3) is 0 Å². The Morgan fingerprint density at radius 1 is 1.38 bits per heavy atom. The molecule has 72 valence electrons. The van der Waals surface area contributed by atoms with Crippen molar-refractivity contribution in [2.45, 2.75) is 13.0 Å². The van der Waals surface area contributed by atoms with Gasteiger partial charge in [-0.1, -0.05) is 15.9 Å². The van der Waals surface area contributed by atoms with E-state index in [0.717, 1.165) is 10.0 Å². The lowest BCUT2D eigenvalue weighted by molar-refractivity contribution is 0.454. The molecule has 1 aromatic carbocycles. The lowest BCUT2D eigenvalue weighted by atomic mass is 10.1. The van der Waals surface area contributed by atoms with E-state index in [1.165, 1.54) is 0 Å². The first-order chi connectivity index (χ1) is 6.06. The second-order valence-corrected chi connectivity index (χ2v) is 4.61. The van der Waals surface area contributed by atoms with Crippen molar-refractivity contribution >= 4 is 31.9 Å². The predicted molar refractivity (Wildman–Crippen MR) is 61.0 cm³/mol. The molecule has 0 aliphatic rings. The maximum atomic E-state index is 9.72. The summed E-state index contributed by atoms with van der Waals surface area (Å²) in [5, 5.41) is 12.8. The largest absolute Gasteiger partial charge is 0.506 e. The number of hydrogen-bond donors (Lipinski definition) is 2. The first-order valence-corrected chi connectivity index (χ1v) is 5.50. The van der Waals surface area contributed by atoms with Crippen LogP contribution in [0.1, 0.15) is 18.5 Å². The molecule has 0 heterocycles. The van der Waals surface area contributed by atoms with Gasteiger partial charge in [0.2, 0.25) is 0 Å². The van der Waals surface area contributed by atoms with E-state index in [0.29, 0.717) is 10.2 Å². The lowest BCUT2D eigenvalue weighted by Gasteiger charge is -2.13. The third-order valence-corrected chi connectivity index (χ3v) is 3.02. The zero-order valence-electron chi connectivity index (χ0n) is 7.44. The monoisotopic (exact) mass is 307 g/mol. The van der Waals surface area contributed by atoms with Gasteiger partial charge in [-0.05, 0) is 42.0 Å². The van der Waals surface area contributed by atoms with Crippen molar-refractivity contribution in [3.05, 3.63) is 26.6 Å². The van der Waals surface area contributed by atoms with Gasteiger partial charge >= 0.3 is 0 Å². The highest BCUT2D eigenvalue weighted by molar-refractivity contribution is 9.11. The molecule has 4 heteroatoms. The fourth-order valence-electron chi connectivity index (χ4n) is 1.07. The third kappa shape index (κ3) is 2.45. The smallest absolute Gasteiger partial charge is 0.134 e. The number of phenols is 1. The summed E-state index contributed by atoms with van der Waals surface area (Å²) in [5.74, 6) is 0.296. The molecule has 1 aromatic rings. The van der Waals surface area contributed by atoms with Gasteiger partial charge in [0.05, 0.1) is 4.47 Å². The van der Waals surface area contributed by atoms with E-state index in [1.807, 2.05) is 26.1 Å². The van der Waals surface area contributed by atoms with E-state index in [2.05, 4.69) is 37.2 Å². The van der Waals surface area contributed by atoms with Crippen LogP contribution in [0.2, 0.25) is 0 Å². The summed E-state index contributed by atoms with van der Waals surface area (Å²) in [4.78, 5) is 0. The van der Waals surface area contributed by atoms with Crippen LogP contribution in [-0.2, 0) is 0 Å². The maximum absolute atomic E-state index is 9.72. The van der Waals surface area contributed by atoms with Crippen LogP contribution in [0.15, 0.2) is 21.1 Å². The number of hydrogen-bond acceptors (Lipinski definition) is 2. The quantitative estimate of drug-likeness (QED) is 0.879. The zero-order chi connectivity index (χ0) is 10.0. The Hall–Kier alpha value is -0.0600. The van der Waals surface area contributed by atoms with E-state index in [-0.39, 0.29) is 6.04 Å². The van der Waals surface area contributed by atoms with Crippen LogP contribution in [0.3, 0.4) is 0 Å². The summed E-state index contributed by atoms with van der Waals surface area (Å²) in [6, 6.07) is 3.86. The minimum Gasteiger partial charge on any atom is -0.506 e. The van der Waals surface area contributed by atoms with Gasteiger partial charge < -0.3 is 10.4 Å². The summed E-state index contributed by atoms with van der Waals surface area (Å²) in [5.41, 5.74) is 0.878. The molecule has 0 spiro atoms. The van der Waals surface area contributed by atoms with Crippen molar-refractivity contribution in [3.63, 3.8) is 0 Å². The molecule has 0 bridgehead atoms. The van der Waals surface area contributed by atoms with Crippen molar-refractivity contribution in [3.8, 4) is 5.75 Å². The van der Waals surface area contributed by atoms with Crippen LogP contribution in [0.5, 0.6) is 5.75 Å². The topological polar surface area (TPSA) is 32.3 Å². The molecule has 2 nitrogen and oxygen atoms in total. The number of aromatic hydroxyl groups is 1. The second-order valence-electron chi connectivity index (χ2n) is 2.84. The van der Waals surface area contributed by atoms with Crippen molar-refractivity contribution in [1.29, 1.82) is 0 Å². The van der Waals surface area contributed by atoms with E-state index in [9.17, 15) is 5.11 Å². The Bertz CT molecular complexity index is 315. The number of rotatable bonds is 2. The molecule has 0 aromatic heterocycles. The standard InChI is InChI=1S/C9H11Br2NO/c1-5(12-2)7-3-6(10)4-8(11)9(7)13/h3-5,12-13H,1-2H3/t5-/m1/s1. The van der Waals surface area contributed by atoms with Crippen molar-refractivity contribution in [1.82, 2.24) is 5.32 Å². The van der Waals surface area contributed by atoms with E-state index < -0.39 is 0 Å². The van der Waals surface area contributed by atoms with Crippen LogP contribution in [0, 0.1) is 0 Å². The zero-order valence-corrected chi connectivity index (χ0v) is 10.6. The molecule has 0 amide bonds. The summed E-state index contributed by atoms with van der Waals surface area (Å²) < 4.78 is 1.66. The molecule has 1 rings (SSSR count). The van der Waals surface area contributed by atoms with Crippen LogP contribution in [-0.4, -0.2) is 12.2 Å². The molecule has 0 fully saturated rings. The van der Waals surface area contributed by atoms with Gasteiger partial charge in [-0.2, -0.15) is 0 Å². The highest BCUT2D eigenvalue weighted by Crippen LogP contribution is 2.34. The van der Waals surface area contributed by atoms with Crippen LogP contribution >= 0.6 is 31.9 Å². The number of phenolic OH excluding ortho intramolecular Hbond substituents is 1. The molecular formula is C9H11Br2NO. The molecule has 1 atom stereocenters. The average molecular weight is 309 g/mol. The molecule has 13 heavy (non-hydrogen) atoms. The predicted octanol–water partition coefficient (Wildman–Crippen LogP) is 3.20. The molecule has 0 saturated carbocycles. The van der Waals surface area contributed by atoms with Crippen LogP contribution in [0.25, 0.3) is 0 Å². The highest BCUT2D eigenvalue weighted by Gasteiger charge is 2.11. The highest BCUT2D eigenvalue weighted by atomic mass is 79.9. The van der Waals surface area contributed by atoms with Crippen molar-refractivity contribution in [2.24, 2.45) is 0 Å². The fourth-order valence-corrected chi connectivity index (χ4v) is 2.33. The fraction of sp³-hybridized carbons (Fsp3) is 0.333. The Kier molecular flexibility index (Phi) is 3.76. The van der Waals surface area contributed by atoms with Crippen molar-refractivity contribution in [2.75, 3.05) is 7.05 Å². The summed E-state index contributed by atoms with van der Waals surface area (Å²) in [6.07, 6.45) is 0.